The Morgan fingerprint density at radius 1 is 0.224 bits per heavy atom. The van der Waals surface area contributed by atoms with Crippen LogP contribution >= 0.6 is 0 Å². The minimum Gasteiger partial charge on any atom is -0.455 e. The molecule has 0 spiro atoms. The van der Waals surface area contributed by atoms with Gasteiger partial charge in [-0.1, -0.05) is 36.4 Å². The Morgan fingerprint density at radius 2 is 0.358 bits per heavy atom. The molecule has 0 bridgehead atoms. The van der Waals surface area contributed by atoms with E-state index in [1.165, 1.54) is 0 Å². The average molecular weight is 982 g/mol. The number of rotatable bonds is 0. The third kappa shape index (κ3) is 12.4. The first kappa shape index (κ1) is 47.0. The maximum absolute atomic E-state index is 6.74. The van der Waals surface area contributed by atoms with Gasteiger partial charge in [-0.3, -0.25) is 0 Å². The third-order valence-corrected chi connectivity index (χ3v) is 8.91. The van der Waals surface area contributed by atoms with Crippen LogP contribution in [0.1, 0.15) is 0 Å². The molecule has 0 unspecified atom stereocenters. The largest absolute Gasteiger partial charge is 0.455 e. The third-order valence-electron chi connectivity index (χ3n) is 8.91. The van der Waals surface area contributed by atoms with Gasteiger partial charge in [0.1, 0.15) is 0 Å². The van der Waals surface area contributed by atoms with Gasteiger partial charge in [-0.2, -0.15) is 0 Å². The minimum absolute atomic E-state index is 0. The van der Waals surface area contributed by atoms with Crippen molar-refractivity contribution in [1.29, 1.82) is 0 Å². The second kappa shape index (κ2) is 23.3. The van der Waals surface area contributed by atoms with Crippen LogP contribution in [0.15, 0.2) is 109 Å². The molecule has 12 rings (SSSR count). The van der Waals surface area contributed by atoms with E-state index in [2.05, 4.69) is 29.1 Å². The van der Waals surface area contributed by atoms with Gasteiger partial charge in [-0.05, 0) is 72.8 Å². The fourth-order valence-corrected chi connectivity index (χ4v) is 5.73. The summed E-state index contributed by atoms with van der Waals surface area (Å²) < 4.78 is 60.9. The maximum Gasteiger partial charge on any atom is 0.231 e. The molecule has 0 aliphatic carbocycles. The van der Waals surface area contributed by atoms with Crippen molar-refractivity contribution < 1.29 is 76.9 Å². The molecule has 0 atom stereocenters. The van der Waals surface area contributed by atoms with Crippen molar-refractivity contribution in [3.63, 3.8) is 0 Å². The molecule has 0 saturated heterocycles. The van der Waals surface area contributed by atoms with Crippen molar-refractivity contribution in [3.05, 3.63) is 178 Å². The van der Waals surface area contributed by atoms with Crippen LogP contribution in [0.3, 0.4) is 0 Å². The Morgan fingerprint density at radius 3 is 0.493 bits per heavy atom. The molecule has 6 heterocycles. The molecule has 6 aliphatic rings. The number of hydrogen-bond donors (Lipinski definition) is 0. The normalized spacial score (nSPS) is 12.4. The average Bonchev–Trinajstić information content (AvgIpc) is 4.24. The van der Waals surface area contributed by atoms with E-state index in [4.69, 9.17) is 96.3 Å². The molecule has 6 aromatic carbocycles. The Bertz CT molecular complexity index is 2500. The summed E-state index contributed by atoms with van der Waals surface area (Å²) in [6.45, 7) is 42.0. The monoisotopic (exact) mass is 981 g/mol. The molecule has 0 fully saturated rings. The molecule has 0 N–H and O–H groups in total. The zero-order valence-electron chi connectivity index (χ0n) is 34.6. The Balaban J connectivity index is 0.000000132. The van der Waals surface area contributed by atoms with Gasteiger partial charge in [0.2, 0.25) is 40.8 Å². The first-order chi connectivity index (χ1) is 32.4. The second-order valence-electron chi connectivity index (χ2n) is 12.9. The predicted molar refractivity (Wildman–Crippen MR) is 233 cm³/mol. The summed E-state index contributed by atoms with van der Waals surface area (Å²) in [5.74, 6) is 8.31. The van der Waals surface area contributed by atoms with E-state index in [0.717, 1.165) is 34.5 Å². The van der Waals surface area contributed by atoms with Crippen molar-refractivity contribution in [2.45, 2.75) is 0 Å². The molecule has 0 amide bonds. The molecule has 6 aromatic rings. The zero-order valence-corrected chi connectivity index (χ0v) is 36.5. The molecule has 0 saturated carbocycles. The van der Waals surface area contributed by atoms with Gasteiger partial charge in [0, 0.05) is 20.1 Å². The molecule has 1 radical (unpaired) electrons. The molecule has 19 heteroatoms. The molecular formula is C48H30N6O12Tc. The summed E-state index contributed by atoms with van der Waals surface area (Å²) in [6, 6.07) is 30.8. The Hall–Kier alpha value is -9.49. The number of ether oxygens (including phenoxy) is 12. The number of benzene rings is 6. The van der Waals surface area contributed by atoms with E-state index in [9.17, 15) is 0 Å². The van der Waals surface area contributed by atoms with Crippen LogP contribution in [0, 0.1) is 39.4 Å². The van der Waals surface area contributed by atoms with Crippen molar-refractivity contribution in [3.8, 4) is 69.0 Å². The van der Waals surface area contributed by atoms with Crippen molar-refractivity contribution >= 4 is 34.1 Å². The van der Waals surface area contributed by atoms with E-state index in [0.29, 0.717) is 68.6 Å². The summed E-state index contributed by atoms with van der Waals surface area (Å²) in [4.78, 5) is 19.6. The zero-order chi connectivity index (χ0) is 46.1. The fraction of sp³-hybridized carbons (Fsp3) is 0.125. The minimum atomic E-state index is 0. The van der Waals surface area contributed by atoms with Crippen LogP contribution in [0.5, 0.6) is 69.0 Å². The molecule has 0 aromatic heterocycles. The quantitative estimate of drug-likeness (QED) is 0.134. The van der Waals surface area contributed by atoms with E-state index >= 15 is 0 Å². The Kier molecular flexibility index (Phi) is 16.3. The van der Waals surface area contributed by atoms with Gasteiger partial charge in [0.05, 0.1) is 39.4 Å². The van der Waals surface area contributed by atoms with Crippen LogP contribution in [0.25, 0.3) is 29.1 Å². The summed E-state index contributed by atoms with van der Waals surface area (Å²) >= 11 is 0. The van der Waals surface area contributed by atoms with Gasteiger partial charge in [0.25, 0.3) is 0 Å². The van der Waals surface area contributed by atoms with Crippen LogP contribution in [-0.4, -0.2) is 40.8 Å². The maximum atomic E-state index is 6.74. The van der Waals surface area contributed by atoms with E-state index in [1.54, 1.807) is 109 Å². The predicted octanol–water partition coefficient (Wildman–Crippen LogP) is 11.8. The summed E-state index contributed by atoms with van der Waals surface area (Å²) in [6.07, 6.45) is 0. The first-order valence-electron chi connectivity index (χ1n) is 19.0. The standard InChI is InChI=1S/6C8H5NO2.Tc/c6*1-9-6-2-3-7-8(4-6)11-5-10-7;/h6*2-4H,5H2;/i;;;;;;1+1. The van der Waals surface area contributed by atoms with Crippen LogP contribution in [-0.2, 0) is 20.1 Å². The smallest absolute Gasteiger partial charge is 0.231 e. The van der Waals surface area contributed by atoms with Crippen LogP contribution in [0.2, 0.25) is 0 Å². The summed E-state index contributed by atoms with van der Waals surface area (Å²) in [5.41, 5.74) is 3.47. The topological polar surface area (TPSA) is 137 Å². The number of nitrogens with zero attached hydrogens (tertiary/aromatic N) is 6. The SMILES string of the molecule is [99Tc].[C-]#[N+]c1ccc2c(c1)OCO2.[C-]#[N+]c1ccc2c(c1)OCO2.[C-]#[N+]c1ccc2c(c1)OCO2.[C-]#[N+]c1ccc2c(c1)OCO2.[C-]#[N+]c1ccc2c(c1)OCO2.[C-]#[N+]c1ccc2c(c1)OCO2. The van der Waals surface area contributed by atoms with E-state index < -0.39 is 0 Å². The molecule has 67 heavy (non-hydrogen) atoms. The summed E-state index contributed by atoms with van der Waals surface area (Å²) in [5, 5.41) is 0. The van der Waals surface area contributed by atoms with Crippen molar-refractivity contribution in [2.75, 3.05) is 40.8 Å². The molecule has 18 nitrogen and oxygen atoms in total. The Labute approximate surface area is 397 Å². The van der Waals surface area contributed by atoms with Gasteiger partial charge >= 0.3 is 0 Å². The van der Waals surface area contributed by atoms with E-state index in [-0.39, 0.29) is 60.9 Å². The van der Waals surface area contributed by atoms with Gasteiger partial charge in [-0.25, -0.2) is 29.1 Å². The second-order valence-corrected chi connectivity index (χ2v) is 12.9. The van der Waals surface area contributed by atoms with E-state index in [1.807, 2.05) is 0 Å². The fourth-order valence-electron chi connectivity index (χ4n) is 5.73. The molecular weight excluding hydrogens is 951 g/mol. The van der Waals surface area contributed by atoms with Crippen molar-refractivity contribution in [2.24, 2.45) is 0 Å². The molecule has 6 aliphatic heterocycles. The van der Waals surface area contributed by atoms with Gasteiger partial charge in [-0.15, -0.1) is 0 Å². The molecule has 331 valence electrons. The first-order valence-corrected chi connectivity index (χ1v) is 19.0. The van der Waals surface area contributed by atoms with Gasteiger partial charge in [0.15, 0.2) is 103 Å². The van der Waals surface area contributed by atoms with Crippen molar-refractivity contribution in [1.82, 2.24) is 0 Å². The van der Waals surface area contributed by atoms with Gasteiger partial charge < -0.3 is 56.8 Å². The number of fused-ring (bicyclic) bond motifs is 6. The van der Waals surface area contributed by atoms with Crippen LogP contribution < -0.4 is 56.8 Å². The summed E-state index contributed by atoms with van der Waals surface area (Å²) in [7, 11) is 0. The number of hydrogen-bond acceptors (Lipinski definition) is 12. The van der Waals surface area contributed by atoms with Crippen LogP contribution in [0.4, 0.5) is 34.1 Å².